The molecule has 0 spiro atoms. The Morgan fingerprint density at radius 3 is 2.82 bits per heavy atom. The molecule has 1 aromatic rings. The summed E-state index contributed by atoms with van der Waals surface area (Å²) in [4.78, 5) is 11.0. The normalized spacial score (nSPS) is 17.1. The zero-order chi connectivity index (χ0) is 12.4. The van der Waals surface area contributed by atoms with Gasteiger partial charge in [-0.05, 0) is 25.2 Å². The summed E-state index contributed by atoms with van der Waals surface area (Å²) < 4.78 is 1.54. The van der Waals surface area contributed by atoms with Crippen LogP contribution in [0.4, 0.5) is 0 Å². The Labute approximate surface area is 99.3 Å². The van der Waals surface area contributed by atoms with Crippen LogP contribution < -0.4 is 0 Å². The fourth-order valence-electron chi connectivity index (χ4n) is 1.94. The molecular formula is C11H17N3O3. The van der Waals surface area contributed by atoms with Crippen LogP contribution in [-0.4, -0.2) is 37.3 Å². The van der Waals surface area contributed by atoms with Crippen molar-refractivity contribution in [1.29, 1.82) is 0 Å². The highest BCUT2D eigenvalue weighted by Gasteiger charge is 2.31. The third-order valence-electron chi connectivity index (χ3n) is 3.05. The van der Waals surface area contributed by atoms with E-state index in [9.17, 15) is 9.90 Å². The first-order chi connectivity index (χ1) is 8.13. The number of carboxylic acid groups (broad SMARTS) is 1. The van der Waals surface area contributed by atoms with E-state index in [2.05, 4.69) is 10.3 Å². The highest BCUT2D eigenvalue weighted by Crippen LogP contribution is 2.33. The number of aliphatic hydroxyl groups excluding tert-OH is 1. The molecule has 94 valence electrons. The Bertz CT molecular complexity index is 412. The van der Waals surface area contributed by atoms with E-state index in [1.807, 2.05) is 6.92 Å². The molecule has 1 fully saturated rings. The van der Waals surface area contributed by atoms with Crippen LogP contribution in [0.15, 0.2) is 0 Å². The second kappa shape index (κ2) is 4.83. The average molecular weight is 239 g/mol. The van der Waals surface area contributed by atoms with Crippen molar-refractivity contribution < 1.29 is 15.0 Å². The Hall–Kier alpha value is -1.43. The predicted molar refractivity (Wildman–Crippen MR) is 59.7 cm³/mol. The van der Waals surface area contributed by atoms with Gasteiger partial charge in [0.05, 0.1) is 18.3 Å². The fraction of sp³-hybridized carbons (Fsp3) is 0.727. The van der Waals surface area contributed by atoms with Crippen molar-refractivity contribution in [3.63, 3.8) is 0 Å². The van der Waals surface area contributed by atoms with Gasteiger partial charge in [-0.2, -0.15) is 0 Å². The summed E-state index contributed by atoms with van der Waals surface area (Å²) in [6.07, 6.45) is 3.10. The molecule has 1 atom stereocenters. The molecule has 0 saturated heterocycles. The number of hydrogen-bond acceptors (Lipinski definition) is 4. The van der Waals surface area contributed by atoms with Gasteiger partial charge in [0.2, 0.25) is 0 Å². The molecular weight excluding hydrogens is 222 g/mol. The number of nitrogens with zero attached hydrogens (tertiary/aromatic N) is 3. The van der Waals surface area contributed by atoms with Gasteiger partial charge in [0.25, 0.3) is 0 Å². The monoisotopic (exact) mass is 239 g/mol. The Kier molecular flexibility index (Phi) is 3.42. The average Bonchev–Trinajstić information content (AvgIpc) is 3.04. The molecule has 0 aliphatic heterocycles. The van der Waals surface area contributed by atoms with Gasteiger partial charge in [-0.15, -0.1) is 5.10 Å². The zero-order valence-electron chi connectivity index (χ0n) is 9.83. The van der Waals surface area contributed by atoms with Gasteiger partial charge in [-0.25, -0.2) is 9.48 Å². The zero-order valence-corrected chi connectivity index (χ0v) is 9.83. The van der Waals surface area contributed by atoms with Gasteiger partial charge in [0.1, 0.15) is 0 Å². The summed E-state index contributed by atoms with van der Waals surface area (Å²) in [6, 6.07) is 0. The molecule has 1 aromatic heterocycles. The first kappa shape index (κ1) is 12.0. The van der Waals surface area contributed by atoms with Gasteiger partial charge in [0.15, 0.2) is 5.69 Å². The topological polar surface area (TPSA) is 88.2 Å². The van der Waals surface area contributed by atoms with Crippen molar-refractivity contribution in [1.82, 2.24) is 15.0 Å². The highest BCUT2D eigenvalue weighted by molar-refractivity contribution is 5.86. The summed E-state index contributed by atoms with van der Waals surface area (Å²) in [5, 5.41) is 26.3. The molecule has 1 aliphatic carbocycles. The molecule has 0 amide bonds. The molecule has 1 heterocycles. The lowest BCUT2D eigenvalue weighted by Crippen LogP contribution is -2.21. The fourth-order valence-corrected chi connectivity index (χ4v) is 1.94. The molecule has 2 N–H and O–H groups in total. The quantitative estimate of drug-likeness (QED) is 0.762. The number of rotatable bonds is 6. The van der Waals surface area contributed by atoms with Crippen LogP contribution in [0.1, 0.15) is 42.4 Å². The maximum atomic E-state index is 11.0. The minimum Gasteiger partial charge on any atom is -0.476 e. The van der Waals surface area contributed by atoms with E-state index in [-0.39, 0.29) is 5.69 Å². The SMILES string of the molecule is CCCc1c(C(=O)O)nnn1CC(O)C1CC1. The Balaban J connectivity index is 2.16. The maximum Gasteiger partial charge on any atom is 0.358 e. The molecule has 1 unspecified atom stereocenters. The van der Waals surface area contributed by atoms with Crippen LogP contribution >= 0.6 is 0 Å². The van der Waals surface area contributed by atoms with Crippen molar-refractivity contribution in [2.45, 2.75) is 45.3 Å². The molecule has 1 saturated carbocycles. The van der Waals surface area contributed by atoms with Gasteiger partial charge < -0.3 is 10.2 Å². The van der Waals surface area contributed by atoms with Crippen LogP contribution in [-0.2, 0) is 13.0 Å². The molecule has 6 nitrogen and oxygen atoms in total. The van der Waals surface area contributed by atoms with Crippen LogP contribution in [0.2, 0.25) is 0 Å². The van der Waals surface area contributed by atoms with Crippen molar-refractivity contribution in [2.75, 3.05) is 0 Å². The van der Waals surface area contributed by atoms with Gasteiger partial charge in [0, 0.05) is 0 Å². The molecule has 6 heteroatoms. The maximum absolute atomic E-state index is 11.0. The third-order valence-corrected chi connectivity index (χ3v) is 3.05. The largest absolute Gasteiger partial charge is 0.476 e. The van der Waals surface area contributed by atoms with E-state index >= 15 is 0 Å². The van der Waals surface area contributed by atoms with E-state index in [1.54, 1.807) is 0 Å². The lowest BCUT2D eigenvalue weighted by atomic mass is 10.2. The first-order valence-corrected chi connectivity index (χ1v) is 5.97. The molecule has 17 heavy (non-hydrogen) atoms. The van der Waals surface area contributed by atoms with E-state index in [1.165, 1.54) is 4.68 Å². The van der Waals surface area contributed by atoms with Crippen LogP contribution in [0.5, 0.6) is 0 Å². The Morgan fingerprint density at radius 2 is 2.29 bits per heavy atom. The van der Waals surface area contributed by atoms with E-state index in [0.717, 1.165) is 19.3 Å². The molecule has 0 aromatic carbocycles. The minimum atomic E-state index is -1.05. The van der Waals surface area contributed by atoms with Gasteiger partial charge in [-0.1, -0.05) is 18.6 Å². The number of hydrogen-bond donors (Lipinski definition) is 2. The predicted octanol–water partition coefficient (Wildman–Crippen LogP) is 0.700. The van der Waals surface area contributed by atoms with E-state index in [4.69, 9.17) is 5.11 Å². The van der Waals surface area contributed by atoms with Crippen LogP contribution in [0.25, 0.3) is 0 Å². The number of aromatic carboxylic acids is 1. The lowest BCUT2D eigenvalue weighted by Gasteiger charge is -2.11. The van der Waals surface area contributed by atoms with Crippen molar-refractivity contribution in [3.8, 4) is 0 Å². The molecule has 0 bridgehead atoms. The highest BCUT2D eigenvalue weighted by atomic mass is 16.4. The molecule has 0 radical (unpaired) electrons. The summed E-state index contributed by atoms with van der Waals surface area (Å²) in [7, 11) is 0. The number of carbonyl (C=O) groups is 1. The third kappa shape index (κ3) is 2.63. The lowest BCUT2D eigenvalue weighted by molar-refractivity contribution is 0.0688. The standard InChI is InChI=1S/C11H17N3O3/c1-2-3-8-10(11(16)17)12-13-14(8)6-9(15)7-4-5-7/h7,9,15H,2-6H2,1H3,(H,16,17). The van der Waals surface area contributed by atoms with Crippen molar-refractivity contribution in [3.05, 3.63) is 11.4 Å². The number of aromatic nitrogens is 3. The van der Waals surface area contributed by atoms with Crippen molar-refractivity contribution in [2.24, 2.45) is 5.92 Å². The number of carboxylic acids is 1. The first-order valence-electron chi connectivity index (χ1n) is 5.97. The van der Waals surface area contributed by atoms with E-state index < -0.39 is 12.1 Å². The summed E-state index contributed by atoms with van der Waals surface area (Å²) >= 11 is 0. The molecule has 2 rings (SSSR count). The summed E-state index contributed by atoms with van der Waals surface area (Å²) in [6.45, 7) is 2.32. The van der Waals surface area contributed by atoms with Crippen molar-refractivity contribution >= 4 is 5.97 Å². The minimum absolute atomic E-state index is 0.00912. The van der Waals surface area contributed by atoms with Gasteiger partial charge in [-0.3, -0.25) is 0 Å². The van der Waals surface area contributed by atoms with E-state index in [0.29, 0.717) is 24.6 Å². The van der Waals surface area contributed by atoms with Crippen LogP contribution in [0.3, 0.4) is 0 Å². The smallest absolute Gasteiger partial charge is 0.358 e. The van der Waals surface area contributed by atoms with Gasteiger partial charge >= 0.3 is 5.97 Å². The molecule has 1 aliphatic rings. The number of aliphatic hydroxyl groups is 1. The van der Waals surface area contributed by atoms with Crippen LogP contribution in [0, 0.1) is 5.92 Å². The second-order valence-corrected chi connectivity index (χ2v) is 4.53. The summed E-state index contributed by atoms with van der Waals surface area (Å²) in [5.41, 5.74) is 0.620. The second-order valence-electron chi connectivity index (χ2n) is 4.53. The Morgan fingerprint density at radius 1 is 1.59 bits per heavy atom. The summed E-state index contributed by atoms with van der Waals surface area (Å²) in [5.74, 6) is -0.706.